The van der Waals surface area contributed by atoms with Crippen LogP contribution in [0.2, 0.25) is 4.34 Å². The zero-order valence-corrected chi connectivity index (χ0v) is 15.1. The summed E-state index contributed by atoms with van der Waals surface area (Å²) in [6.07, 6.45) is 1.61. The molecule has 1 N–H and O–H groups in total. The van der Waals surface area contributed by atoms with Crippen molar-refractivity contribution in [2.45, 2.75) is 18.1 Å². The number of aromatic nitrogens is 1. The van der Waals surface area contributed by atoms with Gasteiger partial charge in [-0.3, -0.25) is 4.72 Å². The molecule has 0 fully saturated rings. The molecule has 1 unspecified atom stereocenters. The second-order valence-electron chi connectivity index (χ2n) is 3.14. The number of hydrogen-bond acceptors (Lipinski definition) is 4. The Labute approximate surface area is 138 Å². The van der Waals surface area contributed by atoms with Crippen molar-refractivity contribution in [3.63, 3.8) is 0 Å². The summed E-state index contributed by atoms with van der Waals surface area (Å²) in [4.78, 5) is 4.06. The predicted molar refractivity (Wildman–Crippen MR) is 89.2 cm³/mol. The van der Waals surface area contributed by atoms with Crippen LogP contribution in [-0.4, -0.2) is 16.3 Å². The summed E-state index contributed by atoms with van der Waals surface area (Å²) in [5.74, 6) is 0.384. The van der Waals surface area contributed by atoms with E-state index >= 15 is 0 Å². The van der Waals surface area contributed by atoms with E-state index in [-0.39, 0.29) is 0 Å². The Morgan fingerprint density at radius 3 is 2.70 bits per heavy atom. The predicted octanol–water partition coefficient (Wildman–Crippen LogP) is 4.73. The Morgan fingerprint density at radius 2 is 2.15 bits per heavy atom. The molecule has 0 saturated heterocycles. The van der Waals surface area contributed by atoms with Gasteiger partial charge in [0.2, 0.25) is 5.88 Å². The van der Waals surface area contributed by atoms with Gasteiger partial charge in [0, 0.05) is 10.7 Å². The summed E-state index contributed by atoms with van der Waals surface area (Å²) in [6, 6.07) is 5.17. The van der Waals surface area contributed by atoms with Crippen LogP contribution in [0.4, 0.5) is 5.69 Å². The van der Waals surface area contributed by atoms with Crippen LogP contribution in [0.25, 0.3) is 0 Å². The smallest absolute Gasteiger partial charge is 0.238 e. The first-order valence-electron chi connectivity index (χ1n) is 5.73. The van der Waals surface area contributed by atoms with E-state index in [1.165, 1.54) is 18.4 Å². The van der Waals surface area contributed by atoms with Gasteiger partial charge in [-0.1, -0.05) is 25.4 Å². The molecule has 0 aliphatic heterocycles. The van der Waals surface area contributed by atoms with Crippen LogP contribution in [0.3, 0.4) is 0 Å². The molecule has 110 valence electrons. The molecule has 0 radical (unpaired) electrons. The van der Waals surface area contributed by atoms with Crippen molar-refractivity contribution in [2.24, 2.45) is 0 Å². The van der Waals surface area contributed by atoms with Crippen molar-refractivity contribution < 1.29 is 8.95 Å². The summed E-state index contributed by atoms with van der Waals surface area (Å²) in [5.41, 5.74) is 0.551. The SMILES string of the molecule is CC.COc1ncc(Br)cc1NS(=O)c1ccc(Cl)s1. The summed E-state index contributed by atoms with van der Waals surface area (Å²) in [5, 5.41) is 0. The maximum atomic E-state index is 12.1. The third-order valence-electron chi connectivity index (χ3n) is 1.95. The average Bonchev–Trinajstić information content (AvgIpc) is 2.88. The number of anilines is 1. The van der Waals surface area contributed by atoms with Crippen LogP contribution in [0.1, 0.15) is 13.8 Å². The van der Waals surface area contributed by atoms with E-state index in [4.69, 9.17) is 16.3 Å². The number of thiophene rings is 1. The van der Waals surface area contributed by atoms with Crippen molar-refractivity contribution in [3.05, 3.63) is 33.2 Å². The molecule has 2 heterocycles. The van der Waals surface area contributed by atoms with Gasteiger partial charge in [0.1, 0.15) is 9.90 Å². The molecule has 2 aromatic heterocycles. The first-order chi connectivity index (χ1) is 9.60. The highest BCUT2D eigenvalue weighted by Gasteiger charge is 2.11. The quantitative estimate of drug-likeness (QED) is 0.811. The molecule has 4 nitrogen and oxygen atoms in total. The zero-order chi connectivity index (χ0) is 15.1. The maximum absolute atomic E-state index is 12.1. The van der Waals surface area contributed by atoms with Crippen LogP contribution < -0.4 is 9.46 Å². The van der Waals surface area contributed by atoms with Crippen LogP contribution in [0, 0.1) is 0 Å². The summed E-state index contributed by atoms with van der Waals surface area (Å²) in [7, 11) is 0.116. The number of ether oxygens (including phenoxy) is 1. The fourth-order valence-corrected chi connectivity index (χ4v) is 3.79. The minimum atomic E-state index is -1.39. The molecule has 2 aromatic rings. The summed E-state index contributed by atoms with van der Waals surface area (Å²) in [6.45, 7) is 4.00. The number of methoxy groups -OCH3 is 1. The number of nitrogens with one attached hydrogen (secondary N) is 1. The summed E-state index contributed by atoms with van der Waals surface area (Å²) >= 11 is 10.4. The first-order valence-corrected chi connectivity index (χ1v) is 8.87. The van der Waals surface area contributed by atoms with Gasteiger partial charge < -0.3 is 4.74 Å². The standard InChI is InChI=1S/C10H8BrClN2O2S2.C2H6/c1-16-10-7(4-6(11)5-13-10)14-18(15)9-3-2-8(12)17-9;1-2/h2-5,14H,1H3;1-2H3. The highest BCUT2D eigenvalue weighted by atomic mass is 79.9. The van der Waals surface area contributed by atoms with Gasteiger partial charge in [-0.05, 0) is 34.1 Å². The van der Waals surface area contributed by atoms with E-state index < -0.39 is 11.0 Å². The lowest BCUT2D eigenvalue weighted by Gasteiger charge is -2.08. The lowest BCUT2D eigenvalue weighted by molar-refractivity contribution is 0.400. The molecule has 0 saturated carbocycles. The van der Waals surface area contributed by atoms with Crippen molar-refractivity contribution in [3.8, 4) is 5.88 Å². The molecule has 0 aromatic carbocycles. The van der Waals surface area contributed by atoms with Gasteiger partial charge in [-0.15, -0.1) is 11.3 Å². The molecule has 1 atom stereocenters. The summed E-state index contributed by atoms with van der Waals surface area (Å²) < 4.78 is 22.0. The maximum Gasteiger partial charge on any atom is 0.238 e. The van der Waals surface area contributed by atoms with E-state index in [9.17, 15) is 4.21 Å². The second kappa shape index (κ2) is 8.61. The normalized spacial score (nSPS) is 11.2. The molecular weight excluding hydrogens is 384 g/mol. The molecule has 0 spiro atoms. The number of rotatable bonds is 4. The van der Waals surface area contributed by atoms with E-state index in [1.54, 1.807) is 24.4 Å². The molecule has 0 amide bonds. The van der Waals surface area contributed by atoms with Gasteiger partial charge in [-0.2, -0.15) is 0 Å². The minimum absolute atomic E-state index is 0.384. The second-order valence-corrected chi connectivity index (χ2v) is 7.21. The van der Waals surface area contributed by atoms with Crippen LogP contribution in [-0.2, 0) is 11.0 Å². The Morgan fingerprint density at radius 1 is 1.45 bits per heavy atom. The van der Waals surface area contributed by atoms with E-state index in [1.807, 2.05) is 13.8 Å². The van der Waals surface area contributed by atoms with Gasteiger partial charge in [-0.25, -0.2) is 9.19 Å². The van der Waals surface area contributed by atoms with Crippen LogP contribution >= 0.6 is 38.9 Å². The molecule has 20 heavy (non-hydrogen) atoms. The molecule has 0 aliphatic carbocycles. The topological polar surface area (TPSA) is 51.2 Å². The number of hydrogen-bond donors (Lipinski definition) is 1. The highest BCUT2D eigenvalue weighted by Crippen LogP contribution is 2.29. The third kappa shape index (κ3) is 4.73. The van der Waals surface area contributed by atoms with Gasteiger partial charge in [0.25, 0.3) is 0 Å². The van der Waals surface area contributed by atoms with Gasteiger partial charge in [0.15, 0.2) is 11.0 Å². The van der Waals surface area contributed by atoms with Gasteiger partial charge >= 0.3 is 0 Å². The average molecular weight is 398 g/mol. The number of nitrogens with zero attached hydrogens (tertiary/aromatic N) is 1. The fourth-order valence-electron chi connectivity index (χ4n) is 1.21. The van der Waals surface area contributed by atoms with E-state index in [0.29, 0.717) is 20.1 Å². The number of halogens is 2. The van der Waals surface area contributed by atoms with Crippen molar-refractivity contribution in [1.29, 1.82) is 0 Å². The molecule has 8 heteroatoms. The largest absolute Gasteiger partial charge is 0.480 e. The Bertz CT molecular complexity index is 593. The Kier molecular flexibility index (Phi) is 7.50. The minimum Gasteiger partial charge on any atom is -0.480 e. The molecule has 0 bridgehead atoms. The number of pyridine rings is 1. The Hall–Kier alpha value is -0.630. The van der Waals surface area contributed by atoms with Crippen LogP contribution in [0.5, 0.6) is 5.88 Å². The Balaban J connectivity index is 0.000000956. The molecular formula is C12H14BrClN2O2S2. The zero-order valence-electron chi connectivity index (χ0n) is 11.1. The van der Waals surface area contributed by atoms with Crippen molar-refractivity contribution in [2.75, 3.05) is 11.8 Å². The third-order valence-corrected chi connectivity index (χ3v) is 5.02. The fraction of sp³-hybridized carbons (Fsp3) is 0.250. The van der Waals surface area contributed by atoms with Crippen molar-refractivity contribution >= 4 is 55.5 Å². The lowest BCUT2D eigenvalue weighted by atomic mass is 10.4. The van der Waals surface area contributed by atoms with Gasteiger partial charge in [0.05, 0.1) is 11.4 Å². The highest BCUT2D eigenvalue weighted by molar-refractivity contribution is 9.10. The monoisotopic (exact) mass is 396 g/mol. The molecule has 2 rings (SSSR count). The van der Waals surface area contributed by atoms with Crippen LogP contribution in [0.15, 0.2) is 33.1 Å². The lowest BCUT2D eigenvalue weighted by Crippen LogP contribution is -2.05. The van der Waals surface area contributed by atoms with E-state index in [0.717, 1.165) is 4.47 Å². The molecule has 0 aliphatic rings. The first kappa shape index (κ1) is 17.4. The van der Waals surface area contributed by atoms with E-state index in [2.05, 4.69) is 25.6 Å². The van der Waals surface area contributed by atoms with Crippen molar-refractivity contribution in [1.82, 2.24) is 4.98 Å².